The van der Waals surface area contributed by atoms with Crippen LogP contribution in [-0.4, -0.2) is 0 Å². The number of aryl methyl sites for hydroxylation is 2. The van der Waals surface area contributed by atoms with Crippen molar-refractivity contribution in [3.63, 3.8) is 0 Å². The van der Waals surface area contributed by atoms with Crippen molar-refractivity contribution < 1.29 is 9.15 Å². The van der Waals surface area contributed by atoms with Crippen LogP contribution >= 0.6 is 0 Å². The molecule has 3 aromatic rings. The molecule has 2 aromatic carbocycles. The van der Waals surface area contributed by atoms with Gasteiger partial charge in [-0.25, -0.2) is 0 Å². The predicted octanol–water partition coefficient (Wildman–Crippen LogP) is 5.14. The summed E-state index contributed by atoms with van der Waals surface area (Å²) in [5, 5.41) is 0. The van der Waals surface area contributed by atoms with Gasteiger partial charge in [-0.05, 0) is 42.7 Å². The van der Waals surface area contributed by atoms with Gasteiger partial charge in [0.2, 0.25) is 0 Å². The van der Waals surface area contributed by atoms with E-state index < -0.39 is 0 Å². The van der Waals surface area contributed by atoms with Crippen molar-refractivity contribution >= 4 is 0 Å². The highest BCUT2D eigenvalue weighted by Crippen LogP contribution is 2.29. The molecule has 0 unspecified atom stereocenters. The van der Waals surface area contributed by atoms with Gasteiger partial charge in [0.15, 0.2) is 0 Å². The number of hydrogen-bond donors (Lipinski definition) is 0. The fraction of sp³-hybridized carbons (Fsp3) is 0.158. The van der Waals surface area contributed by atoms with Gasteiger partial charge in [-0.15, -0.1) is 0 Å². The van der Waals surface area contributed by atoms with Crippen molar-refractivity contribution in [3.8, 4) is 16.9 Å². The van der Waals surface area contributed by atoms with Gasteiger partial charge in [0.25, 0.3) is 0 Å². The summed E-state index contributed by atoms with van der Waals surface area (Å²) in [6.45, 7) is 4.64. The largest absolute Gasteiger partial charge is 0.489 e. The number of ether oxygens (including phenoxy) is 1. The summed E-state index contributed by atoms with van der Waals surface area (Å²) in [7, 11) is 0. The Kier molecular flexibility index (Phi) is 3.78. The highest BCUT2D eigenvalue weighted by atomic mass is 16.5. The lowest BCUT2D eigenvalue weighted by molar-refractivity contribution is 0.306. The van der Waals surface area contributed by atoms with E-state index in [-0.39, 0.29) is 0 Å². The van der Waals surface area contributed by atoms with Crippen LogP contribution in [0.1, 0.15) is 16.9 Å². The summed E-state index contributed by atoms with van der Waals surface area (Å²) in [5.74, 6) is 1.83. The molecule has 1 heterocycles. The molecule has 2 nitrogen and oxygen atoms in total. The third kappa shape index (κ3) is 3.00. The predicted molar refractivity (Wildman–Crippen MR) is 84.4 cm³/mol. The molecule has 0 bridgehead atoms. The Morgan fingerprint density at radius 3 is 2.24 bits per heavy atom. The average molecular weight is 278 g/mol. The van der Waals surface area contributed by atoms with Crippen LogP contribution in [0.5, 0.6) is 5.75 Å². The molecule has 2 heteroatoms. The summed E-state index contributed by atoms with van der Waals surface area (Å²) in [6, 6.07) is 18.3. The van der Waals surface area contributed by atoms with E-state index in [0.717, 1.165) is 22.6 Å². The monoisotopic (exact) mass is 278 g/mol. The van der Waals surface area contributed by atoms with Crippen LogP contribution < -0.4 is 4.74 Å². The Balaban J connectivity index is 1.73. The van der Waals surface area contributed by atoms with Crippen molar-refractivity contribution in [1.82, 2.24) is 0 Å². The van der Waals surface area contributed by atoms with Crippen LogP contribution in [0, 0.1) is 13.8 Å². The van der Waals surface area contributed by atoms with E-state index in [1.165, 1.54) is 11.1 Å². The molecular weight excluding hydrogens is 260 g/mol. The van der Waals surface area contributed by atoms with Gasteiger partial charge in [0.05, 0.1) is 6.26 Å². The average Bonchev–Trinajstić information content (AvgIpc) is 2.86. The molecular formula is C19H18O2. The fourth-order valence-electron chi connectivity index (χ4n) is 2.46. The molecule has 0 fully saturated rings. The van der Waals surface area contributed by atoms with Gasteiger partial charge in [0.1, 0.15) is 18.1 Å². The first-order valence-corrected chi connectivity index (χ1v) is 7.06. The highest BCUT2D eigenvalue weighted by Gasteiger charge is 2.09. The van der Waals surface area contributed by atoms with E-state index in [1.54, 1.807) is 6.26 Å². The molecule has 0 saturated heterocycles. The third-order valence-corrected chi connectivity index (χ3v) is 3.55. The van der Waals surface area contributed by atoms with E-state index in [0.29, 0.717) is 6.61 Å². The third-order valence-electron chi connectivity index (χ3n) is 3.55. The normalized spacial score (nSPS) is 10.6. The summed E-state index contributed by atoms with van der Waals surface area (Å²) >= 11 is 0. The second-order valence-corrected chi connectivity index (χ2v) is 5.15. The first kappa shape index (κ1) is 13.5. The molecule has 0 aliphatic rings. The van der Waals surface area contributed by atoms with Gasteiger partial charge in [0, 0.05) is 5.56 Å². The lowest BCUT2D eigenvalue weighted by Crippen LogP contribution is -1.94. The minimum absolute atomic E-state index is 0.587. The molecule has 0 saturated carbocycles. The van der Waals surface area contributed by atoms with Crippen molar-refractivity contribution in [3.05, 3.63) is 77.7 Å². The van der Waals surface area contributed by atoms with E-state index in [9.17, 15) is 0 Å². The quantitative estimate of drug-likeness (QED) is 0.659. The van der Waals surface area contributed by atoms with Gasteiger partial charge < -0.3 is 9.15 Å². The van der Waals surface area contributed by atoms with Crippen molar-refractivity contribution in [2.75, 3.05) is 0 Å². The van der Waals surface area contributed by atoms with Crippen molar-refractivity contribution in [2.45, 2.75) is 20.5 Å². The zero-order chi connectivity index (χ0) is 14.7. The molecule has 0 aliphatic heterocycles. The Hall–Kier alpha value is -2.48. The summed E-state index contributed by atoms with van der Waals surface area (Å²) in [5.41, 5.74) is 4.66. The maximum Gasteiger partial charge on any atom is 0.119 e. The minimum Gasteiger partial charge on any atom is -0.489 e. The number of benzene rings is 2. The van der Waals surface area contributed by atoms with Crippen LogP contribution in [0.2, 0.25) is 0 Å². The standard InChI is InChI=1S/C19H18O2/c1-14-12-20-15(2)19(14)17-8-10-18(11-9-17)21-13-16-6-4-3-5-7-16/h3-12H,13H2,1-2H3. The van der Waals surface area contributed by atoms with Crippen molar-refractivity contribution in [2.24, 2.45) is 0 Å². The van der Waals surface area contributed by atoms with E-state index >= 15 is 0 Å². The van der Waals surface area contributed by atoms with E-state index in [2.05, 4.69) is 31.2 Å². The fourth-order valence-corrected chi connectivity index (χ4v) is 2.46. The van der Waals surface area contributed by atoms with Crippen LogP contribution in [0.15, 0.2) is 65.3 Å². The lowest BCUT2D eigenvalue weighted by Gasteiger charge is -2.07. The van der Waals surface area contributed by atoms with Crippen LogP contribution in [0.3, 0.4) is 0 Å². The van der Waals surface area contributed by atoms with Crippen LogP contribution in [0.4, 0.5) is 0 Å². The molecule has 0 spiro atoms. The lowest BCUT2D eigenvalue weighted by atomic mass is 10.0. The van der Waals surface area contributed by atoms with Crippen LogP contribution in [-0.2, 0) is 6.61 Å². The molecule has 0 amide bonds. The Morgan fingerprint density at radius 1 is 0.905 bits per heavy atom. The summed E-state index contributed by atoms with van der Waals surface area (Å²) in [4.78, 5) is 0. The number of rotatable bonds is 4. The molecule has 3 rings (SSSR count). The van der Waals surface area contributed by atoms with Gasteiger partial charge in [-0.1, -0.05) is 42.5 Å². The maximum absolute atomic E-state index is 5.80. The molecule has 0 atom stereocenters. The van der Waals surface area contributed by atoms with E-state index in [4.69, 9.17) is 9.15 Å². The molecule has 0 radical (unpaired) electrons. The highest BCUT2D eigenvalue weighted by molar-refractivity contribution is 5.69. The second-order valence-electron chi connectivity index (χ2n) is 5.15. The minimum atomic E-state index is 0.587. The van der Waals surface area contributed by atoms with Gasteiger partial charge >= 0.3 is 0 Å². The second kappa shape index (κ2) is 5.88. The zero-order valence-electron chi connectivity index (χ0n) is 12.3. The summed E-state index contributed by atoms with van der Waals surface area (Å²) < 4.78 is 11.3. The Morgan fingerprint density at radius 2 is 1.62 bits per heavy atom. The molecule has 21 heavy (non-hydrogen) atoms. The smallest absolute Gasteiger partial charge is 0.119 e. The number of hydrogen-bond acceptors (Lipinski definition) is 2. The van der Waals surface area contributed by atoms with Gasteiger partial charge in [-0.2, -0.15) is 0 Å². The van der Waals surface area contributed by atoms with Crippen LogP contribution in [0.25, 0.3) is 11.1 Å². The zero-order valence-corrected chi connectivity index (χ0v) is 12.3. The van der Waals surface area contributed by atoms with Crippen molar-refractivity contribution in [1.29, 1.82) is 0 Å². The Bertz CT molecular complexity index is 690. The number of furan rings is 1. The maximum atomic E-state index is 5.80. The first-order valence-electron chi connectivity index (χ1n) is 7.06. The first-order chi connectivity index (χ1) is 10.2. The topological polar surface area (TPSA) is 22.4 Å². The Labute approximate surface area is 125 Å². The molecule has 0 N–H and O–H groups in total. The van der Waals surface area contributed by atoms with Gasteiger partial charge in [-0.3, -0.25) is 0 Å². The summed E-state index contributed by atoms with van der Waals surface area (Å²) in [6.07, 6.45) is 1.80. The molecule has 0 aliphatic carbocycles. The molecule has 106 valence electrons. The SMILES string of the molecule is Cc1coc(C)c1-c1ccc(OCc2ccccc2)cc1. The molecule has 1 aromatic heterocycles. The van der Waals surface area contributed by atoms with E-state index in [1.807, 2.05) is 37.3 Å².